The number of aromatic nitrogens is 2. The van der Waals surface area contributed by atoms with E-state index in [4.69, 9.17) is 0 Å². The summed E-state index contributed by atoms with van der Waals surface area (Å²) < 4.78 is 100. The molecule has 0 fully saturated rings. The zero-order valence-electron chi connectivity index (χ0n) is 14.2. The SMILES string of the molecule is CC1=CCN(S(=O)(=O)C(F)(F)F)CC(CCC(F)(F)F)N1Cc1cnc[nH]1.[HH]. The van der Waals surface area contributed by atoms with Crippen LogP contribution in [0.2, 0.25) is 0 Å². The van der Waals surface area contributed by atoms with Gasteiger partial charge in [-0.05, 0) is 13.3 Å². The van der Waals surface area contributed by atoms with Gasteiger partial charge in [0.2, 0.25) is 0 Å². The van der Waals surface area contributed by atoms with E-state index in [0.717, 1.165) is 0 Å². The van der Waals surface area contributed by atoms with Crippen molar-refractivity contribution in [1.82, 2.24) is 19.2 Å². The van der Waals surface area contributed by atoms with Gasteiger partial charge in [0, 0.05) is 38.9 Å². The average Bonchev–Trinajstić information content (AvgIpc) is 2.97. The largest absolute Gasteiger partial charge is 0.511 e. The molecule has 13 heteroatoms. The van der Waals surface area contributed by atoms with Crippen LogP contribution in [-0.2, 0) is 16.6 Å². The lowest BCUT2D eigenvalue weighted by Crippen LogP contribution is -2.47. The number of alkyl halides is 6. The van der Waals surface area contributed by atoms with E-state index in [1.54, 1.807) is 0 Å². The van der Waals surface area contributed by atoms with Crippen LogP contribution in [-0.4, -0.2) is 58.4 Å². The van der Waals surface area contributed by atoms with Crippen LogP contribution in [0.15, 0.2) is 24.3 Å². The van der Waals surface area contributed by atoms with Gasteiger partial charge in [0.15, 0.2) is 0 Å². The molecule has 0 aliphatic carbocycles. The molecule has 0 saturated heterocycles. The number of hydrogen-bond acceptors (Lipinski definition) is 4. The van der Waals surface area contributed by atoms with Crippen molar-refractivity contribution < 1.29 is 36.2 Å². The van der Waals surface area contributed by atoms with Crippen LogP contribution >= 0.6 is 0 Å². The molecule has 1 N–H and O–H groups in total. The summed E-state index contributed by atoms with van der Waals surface area (Å²) in [5.41, 5.74) is -4.61. The topological polar surface area (TPSA) is 69.3 Å². The van der Waals surface area contributed by atoms with Gasteiger partial charge < -0.3 is 9.88 Å². The maximum atomic E-state index is 12.9. The van der Waals surface area contributed by atoms with Gasteiger partial charge >= 0.3 is 21.7 Å². The number of hydrogen-bond donors (Lipinski definition) is 1. The molecule has 1 aliphatic rings. The number of nitrogens with one attached hydrogen (secondary N) is 1. The van der Waals surface area contributed by atoms with Gasteiger partial charge in [0.1, 0.15) is 0 Å². The fraction of sp³-hybridized carbons (Fsp3) is 0.643. The van der Waals surface area contributed by atoms with Crippen LogP contribution in [0.4, 0.5) is 26.3 Å². The monoisotopic (exact) mass is 422 g/mol. The molecule has 1 atom stereocenters. The van der Waals surface area contributed by atoms with Crippen LogP contribution in [0.5, 0.6) is 0 Å². The minimum atomic E-state index is -5.66. The maximum absolute atomic E-state index is 12.9. The molecule has 0 spiro atoms. The van der Waals surface area contributed by atoms with Crippen molar-refractivity contribution in [1.29, 1.82) is 0 Å². The van der Waals surface area contributed by atoms with Crippen LogP contribution < -0.4 is 0 Å². The lowest BCUT2D eigenvalue weighted by molar-refractivity contribution is -0.138. The van der Waals surface area contributed by atoms with E-state index in [-0.39, 0.29) is 12.3 Å². The van der Waals surface area contributed by atoms with E-state index in [1.807, 2.05) is 0 Å². The highest BCUT2D eigenvalue weighted by atomic mass is 32.2. The van der Waals surface area contributed by atoms with Crippen molar-refractivity contribution in [3.8, 4) is 0 Å². The van der Waals surface area contributed by atoms with Crippen molar-refractivity contribution in [2.24, 2.45) is 0 Å². The predicted molar refractivity (Wildman–Crippen MR) is 85.6 cm³/mol. The Hall–Kier alpha value is -1.76. The number of imidazole rings is 1. The molecule has 0 saturated carbocycles. The number of H-pyrrole nitrogens is 1. The van der Waals surface area contributed by atoms with Crippen molar-refractivity contribution in [2.45, 2.75) is 44.0 Å². The summed E-state index contributed by atoms with van der Waals surface area (Å²) in [5, 5.41) is 0. The van der Waals surface area contributed by atoms with Gasteiger partial charge in [-0.2, -0.15) is 30.6 Å². The lowest BCUT2D eigenvalue weighted by Gasteiger charge is -2.34. The highest BCUT2D eigenvalue weighted by molar-refractivity contribution is 7.90. The number of allylic oxidation sites excluding steroid dienone is 1. The van der Waals surface area contributed by atoms with Gasteiger partial charge in [-0.3, -0.25) is 0 Å². The van der Waals surface area contributed by atoms with Crippen molar-refractivity contribution >= 4 is 10.0 Å². The highest BCUT2D eigenvalue weighted by Gasteiger charge is 2.50. The molecule has 27 heavy (non-hydrogen) atoms. The van der Waals surface area contributed by atoms with E-state index < -0.39 is 53.7 Å². The van der Waals surface area contributed by atoms with Crippen molar-refractivity contribution in [2.75, 3.05) is 13.1 Å². The second kappa shape index (κ2) is 7.70. The van der Waals surface area contributed by atoms with Gasteiger partial charge in [-0.25, -0.2) is 13.4 Å². The number of sulfonamides is 1. The minimum Gasteiger partial charge on any atom is -0.365 e. The lowest BCUT2D eigenvalue weighted by atomic mass is 10.1. The van der Waals surface area contributed by atoms with Crippen LogP contribution in [0.25, 0.3) is 0 Å². The first-order valence-electron chi connectivity index (χ1n) is 7.85. The van der Waals surface area contributed by atoms with Crippen LogP contribution in [0.1, 0.15) is 26.9 Å². The Kier molecular flexibility index (Phi) is 6.14. The molecular formula is C14H20F6N4O2S. The molecule has 1 aliphatic heterocycles. The summed E-state index contributed by atoms with van der Waals surface area (Å²) in [6.45, 7) is 0.293. The van der Waals surface area contributed by atoms with Crippen molar-refractivity contribution in [3.05, 3.63) is 30.0 Å². The van der Waals surface area contributed by atoms with Crippen molar-refractivity contribution in [3.63, 3.8) is 0 Å². The normalized spacial score (nSPS) is 20.5. The Labute approximate surface area is 153 Å². The molecule has 2 rings (SSSR count). The summed E-state index contributed by atoms with van der Waals surface area (Å²) >= 11 is 0. The third-order valence-electron chi connectivity index (χ3n) is 4.19. The van der Waals surface area contributed by atoms with Crippen LogP contribution in [0.3, 0.4) is 0 Å². The molecule has 0 bridgehead atoms. The molecule has 1 unspecified atom stereocenters. The summed E-state index contributed by atoms with van der Waals surface area (Å²) in [7, 11) is -5.66. The first-order valence-corrected chi connectivity index (χ1v) is 9.29. The Morgan fingerprint density at radius 2 is 1.96 bits per heavy atom. The molecule has 2 heterocycles. The number of aromatic amines is 1. The van der Waals surface area contributed by atoms with E-state index in [1.165, 1.54) is 30.4 Å². The summed E-state index contributed by atoms with van der Waals surface area (Å²) in [6.07, 6.45) is -2.26. The molecule has 1 aromatic rings. The zero-order chi connectivity index (χ0) is 20.5. The predicted octanol–water partition coefficient (Wildman–Crippen LogP) is 3.24. The summed E-state index contributed by atoms with van der Waals surface area (Å²) in [4.78, 5) is 8.03. The third kappa shape index (κ3) is 5.37. The first-order chi connectivity index (χ1) is 12.3. The molecule has 0 amide bonds. The first kappa shape index (κ1) is 21.5. The summed E-state index contributed by atoms with van der Waals surface area (Å²) in [5.74, 6) is 0. The standard InChI is InChI=1S/C14H18F6N4O2S.H2/c1-10-3-5-23(27(25,26)14(18,19)20)8-12(2-4-13(15,16)17)24(10)7-11-6-21-9-22-11;/h3,6,9,12H,2,4-5,7-8H2,1H3,(H,21,22);1H. The van der Waals surface area contributed by atoms with E-state index in [9.17, 15) is 34.8 Å². The Bertz CT molecular complexity index is 764. The molecule has 6 nitrogen and oxygen atoms in total. The fourth-order valence-corrected chi connectivity index (χ4v) is 3.71. The third-order valence-corrected chi connectivity index (χ3v) is 5.75. The second-order valence-electron chi connectivity index (χ2n) is 6.13. The Morgan fingerprint density at radius 1 is 1.30 bits per heavy atom. The van der Waals surface area contributed by atoms with Gasteiger partial charge in [-0.1, -0.05) is 6.08 Å². The van der Waals surface area contributed by atoms with E-state index in [2.05, 4.69) is 9.97 Å². The molecule has 0 aromatic carbocycles. The average molecular weight is 422 g/mol. The molecular weight excluding hydrogens is 402 g/mol. The molecule has 0 radical (unpaired) electrons. The number of halogens is 6. The Morgan fingerprint density at radius 3 is 2.48 bits per heavy atom. The molecule has 1 aromatic heterocycles. The smallest absolute Gasteiger partial charge is 0.365 e. The maximum Gasteiger partial charge on any atom is 0.511 e. The summed E-state index contributed by atoms with van der Waals surface area (Å²) in [6, 6.07) is -1.09. The van der Waals surface area contributed by atoms with Crippen LogP contribution in [0, 0.1) is 0 Å². The zero-order valence-corrected chi connectivity index (χ0v) is 15.0. The number of rotatable bonds is 5. The molecule has 156 valence electrons. The van der Waals surface area contributed by atoms with Gasteiger partial charge in [0.05, 0.1) is 18.6 Å². The minimum absolute atomic E-state index is 0. The second-order valence-corrected chi connectivity index (χ2v) is 8.06. The van der Waals surface area contributed by atoms with Gasteiger partial charge in [0.25, 0.3) is 0 Å². The Balaban J connectivity index is 0.00000392. The number of nitrogens with zero attached hydrogens (tertiary/aromatic N) is 3. The quantitative estimate of drug-likeness (QED) is 0.740. The highest BCUT2D eigenvalue weighted by Crippen LogP contribution is 2.32. The van der Waals surface area contributed by atoms with E-state index in [0.29, 0.717) is 11.4 Å². The fourth-order valence-electron chi connectivity index (χ4n) is 2.78. The van der Waals surface area contributed by atoms with Gasteiger partial charge in [-0.15, -0.1) is 0 Å². The van der Waals surface area contributed by atoms with E-state index >= 15 is 0 Å².